The van der Waals surface area contributed by atoms with Gasteiger partial charge in [-0.25, -0.2) is 0 Å². The quantitative estimate of drug-likeness (QED) is 0.899. The minimum absolute atomic E-state index is 0.165. The maximum Gasteiger partial charge on any atom is 0.0471 e. The third-order valence-corrected chi connectivity index (χ3v) is 3.89. The van der Waals surface area contributed by atoms with E-state index in [1.54, 1.807) is 0 Å². The highest BCUT2D eigenvalue weighted by Crippen LogP contribution is 2.27. The molecule has 3 heteroatoms. The molecule has 1 atom stereocenters. The molecule has 1 aliphatic rings. The predicted octanol–water partition coefficient (Wildman–Crippen LogP) is 2.11. The maximum atomic E-state index is 3.67. The molecule has 1 aromatic carbocycles. The second kappa shape index (κ2) is 5.51. The van der Waals surface area contributed by atoms with Gasteiger partial charge in [-0.2, -0.15) is 0 Å². The standard InChI is InChI=1S/C16H27N3/c1-13-6-8-15(9-7-13)19-11-14(10-18(4)5)17-12-16(19,2)3/h6-9,14,17H,10-12H2,1-5H3. The lowest BCUT2D eigenvalue weighted by Crippen LogP contribution is -2.64. The van der Waals surface area contributed by atoms with Crippen molar-refractivity contribution in [2.75, 3.05) is 38.6 Å². The summed E-state index contributed by atoms with van der Waals surface area (Å²) in [6, 6.07) is 9.43. The fraction of sp³-hybridized carbons (Fsp3) is 0.625. The lowest BCUT2D eigenvalue weighted by molar-refractivity contribution is 0.270. The van der Waals surface area contributed by atoms with Gasteiger partial charge in [0.1, 0.15) is 0 Å². The highest BCUT2D eigenvalue weighted by atomic mass is 15.3. The van der Waals surface area contributed by atoms with E-state index in [9.17, 15) is 0 Å². The average molecular weight is 261 g/mol. The topological polar surface area (TPSA) is 18.5 Å². The Hall–Kier alpha value is -1.06. The van der Waals surface area contributed by atoms with Crippen molar-refractivity contribution in [1.29, 1.82) is 0 Å². The van der Waals surface area contributed by atoms with E-state index in [1.165, 1.54) is 11.3 Å². The number of nitrogens with one attached hydrogen (secondary N) is 1. The van der Waals surface area contributed by atoms with Crippen molar-refractivity contribution in [1.82, 2.24) is 10.2 Å². The Morgan fingerprint density at radius 2 is 1.89 bits per heavy atom. The fourth-order valence-corrected chi connectivity index (χ4v) is 2.76. The molecule has 3 nitrogen and oxygen atoms in total. The van der Waals surface area contributed by atoms with E-state index < -0.39 is 0 Å². The lowest BCUT2D eigenvalue weighted by Gasteiger charge is -2.48. The largest absolute Gasteiger partial charge is 0.364 e. The van der Waals surface area contributed by atoms with E-state index in [1.807, 2.05) is 0 Å². The van der Waals surface area contributed by atoms with E-state index in [-0.39, 0.29) is 5.54 Å². The van der Waals surface area contributed by atoms with Gasteiger partial charge in [0.25, 0.3) is 0 Å². The molecule has 0 spiro atoms. The van der Waals surface area contributed by atoms with E-state index in [0.29, 0.717) is 6.04 Å². The molecule has 1 aliphatic heterocycles. The van der Waals surface area contributed by atoms with Gasteiger partial charge in [-0.05, 0) is 47.0 Å². The van der Waals surface area contributed by atoms with Crippen LogP contribution in [0.1, 0.15) is 19.4 Å². The maximum absolute atomic E-state index is 3.67. The van der Waals surface area contributed by atoms with Crippen LogP contribution in [0.2, 0.25) is 0 Å². The smallest absolute Gasteiger partial charge is 0.0471 e. The van der Waals surface area contributed by atoms with Crippen LogP contribution in [0.25, 0.3) is 0 Å². The zero-order chi connectivity index (χ0) is 14.0. The number of piperazine rings is 1. The second-order valence-corrected chi connectivity index (χ2v) is 6.60. The average Bonchev–Trinajstić information content (AvgIpc) is 2.32. The normalized spacial score (nSPS) is 22.8. The van der Waals surface area contributed by atoms with E-state index in [2.05, 4.69) is 74.2 Å². The molecule has 1 heterocycles. The van der Waals surface area contributed by atoms with Crippen LogP contribution in [0.4, 0.5) is 5.69 Å². The van der Waals surface area contributed by atoms with Crippen molar-refractivity contribution in [3.05, 3.63) is 29.8 Å². The summed E-state index contributed by atoms with van der Waals surface area (Å²) in [6.07, 6.45) is 0. The van der Waals surface area contributed by atoms with Crippen LogP contribution in [-0.4, -0.2) is 50.2 Å². The molecular weight excluding hydrogens is 234 g/mol. The van der Waals surface area contributed by atoms with Crippen molar-refractivity contribution < 1.29 is 0 Å². The van der Waals surface area contributed by atoms with E-state index >= 15 is 0 Å². The van der Waals surface area contributed by atoms with Crippen LogP contribution < -0.4 is 10.2 Å². The summed E-state index contributed by atoms with van der Waals surface area (Å²) in [7, 11) is 4.27. The van der Waals surface area contributed by atoms with Crippen LogP contribution in [0.5, 0.6) is 0 Å². The van der Waals surface area contributed by atoms with E-state index in [0.717, 1.165) is 19.6 Å². The molecular formula is C16H27N3. The summed E-state index contributed by atoms with van der Waals surface area (Å²) in [5.41, 5.74) is 2.82. The molecule has 1 aromatic rings. The van der Waals surface area contributed by atoms with Crippen molar-refractivity contribution in [3.63, 3.8) is 0 Å². The number of likely N-dealkylation sites (N-methyl/N-ethyl adjacent to an activating group) is 1. The third-order valence-electron chi connectivity index (χ3n) is 3.89. The van der Waals surface area contributed by atoms with Gasteiger partial charge in [-0.3, -0.25) is 0 Å². The van der Waals surface area contributed by atoms with Gasteiger partial charge < -0.3 is 15.1 Å². The molecule has 0 aromatic heterocycles. The zero-order valence-corrected chi connectivity index (χ0v) is 12.9. The predicted molar refractivity (Wildman–Crippen MR) is 82.9 cm³/mol. The Morgan fingerprint density at radius 1 is 1.26 bits per heavy atom. The first-order valence-corrected chi connectivity index (χ1v) is 7.11. The molecule has 0 bridgehead atoms. The molecule has 1 N–H and O–H groups in total. The molecule has 0 aliphatic carbocycles. The van der Waals surface area contributed by atoms with Gasteiger partial charge in [0.05, 0.1) is 0 Å². The monoisotopic (exact) mass is 261 g/mol. The van der Waals surface area contributed by atoms with Gasteiger partial charge >= 0.3 is 0 Å². The van der Waals surface area contributed by atoms with Crippen LogP contribution in [0.3, 0.4) is 0 Å². The number of anilines is 1. The molecule has 19 heavy (non-hydrogen) atoms. The summed E-state index contributed by atoms with van der Waals surface area (Å²) in [5, 5.41) is 3.67. The molecule has 0 amide bonds. The number of rotatable bonds is 3. The molecule has 1 fully saturated rings. The summed E-state index contributed by atoms with van der Waals surface area (Å²) < 4.78 is 0. The number of hydrogen-bond acceptors (Lipinski definition) is 3. The van der Waals surface area contributed by atoms with Crippen molar-refractivity contribution >= 4 is 5.69 Å². The Kier molecular flexibility index (Phi) is 4.16. The summed E-state index contributed by atoms with van der Waals surface area (Å²) in [6.45, 7) is 9.94. The van der Waals surface area contributed by atoms with Gasteiger partial charge in [0.2, 0.25) is 0 Å². The molecule has 2 rings (SSSR count). The van der Waals surface area contributed by atoms with Crippen molar-refractivity contribution in [2.24, 2.45) is 0 Å². The third kappa shape index (κ3) is 3.48. The van der Waals surface area contributed by atoms with Crippen molar-refractivity contribution in [3.8, 4) is 0 Å². The first-order chi connectivity index (χ1) is 8.88. The van der Waals surface area contributed by atoms with Crippen LogP contribution in [-0.2, 0) is 0 Å². The molecule has 0 radical (unpaired) electrons. The van der Waals surface area contributed by atoms with Gasteiger partial charge in [-0.15, -0.1) is 0 Å². The van der Waals surface area contributed by atoms with Gasteiger partial charge in [0, 0.05) is 36.9 Å². The number of nitrogens with zero attached hydrogens (tertiary/aromatic N) is 2. The summed E-state index contributed by atoms with van der Waals surface area (Å²) >= 11 is 0. The van der Waals surface area contributed by atoms with Crippen LogP contribution >= 0.6 is 0 Å². The highest BCUT2D eigenvalue weighted by molar-refractivity contribution is 5.50. The number of aryl methyl sites for hydroxylation is 1. The van der Waals surface area contributed by atoms with Crippen molar-refractivity contribution in [2.45, 2.75) is 32.4 Å². The minimum atomic E-state index is 0.165. The van der Waals surface area contributed by atoms with Gasteiger partial charge in [-0.1, -0.05) is 17.7 Å². The van der Waals surface area contributed by atoms with E-state index in [4.69, 9.17) is 0 Å². The zero-order valence-electron chi connectivity index (χ0n) is 12.9. The van der Waals surface area contributed by atoms with Crippen LogP contribution in [0.15, 0.2) is 24.3 Å². The van der Waals surface area contributed by atoms with Gasteiger partial charge in [0.15, 0.2) is 0 Å². The first kappa shape index (κ1) is 14.4. The number of benzene rings is 1. The first-order valence-electron chi connectivity index (χ1n) is 7.11. The molecule has 0 saturated carbocycles. The Morgan fingerprint density at radius 3 is 2.47 bits per heavy atom. The SMILES string of the molecule is Cc1ccc(N2CC(CN(C)C)NCC2(C)C)cc1. The Balaban J connectivity index is 2.16. The molecule has 1 unspecified atom stereocenters. The Bertz CT molecular complexity index is 409. The Labute approximate surface area is 117 Å². The minimum Gasteiger partial charge on any atom is -0.364 e. The van der Waals surface area contributed by atoms with Crippen LogP contribution in [0, 0.1) is 6.92 Å². The highest BCUT2D eigenvalue weighted by Gasteiger charge is 2.34. The summed E-state index contributed by atoms with van der Waals surface area (Å²) in [5.74, 6) is 0. The molecule has 106 valence electrons. The fourth-order valence-electron chi connectivity index (χ4n) is 2.76. The second-order valence-electron chi connectivity index (χ2n) is 6.60. The summed E-state index contributed by atoms with van der Waals surface area (Å²) in [4.78, 5) is 4.79. The number of hydrogen-bond donors (Lipinski definition) is 1. The lowest BCUT2D eigenvalue weighted by atomic mass is 9.96. The molecule has 1 saturated heterocycles.